The van der Waals surface area contributed by atoms with Crippen LogP contribution < -0.4 is 10.5 Å². The molecule has 18 heavy (non-hydrogen) atoms. The fourth-order valence-electron chi connectivity index (χ4n) is 1.57. The van der Waals surface area contributed by atoms with E-state index < -0.39 is 0 Å². The Morgan fingerprint density at radius 1 is 1.11 bits per heavy atom. The van der Waals surface area contributed by atoms with Crippen molar-refractivity contribution in [3.8, 4) is 5.75 Å². The molecule has 94 valence electrons. The first-order chi connectivity index (χ1) is 8.56. The summed E-state index contributed by atoms with van der Waals surface area (Å²) in [4.78, 5) is 0. The second-order valence-electron chi connectivity index (χ2n) is 4.05. The van der Waals surface area contributed by atoms with Gasteiger partial charge in [-0.15, -0.1) is 0 Å². The average Bonchev–Trinajstić information content (AvgIpc) is 2.32. The van der Waals surface area contributed by atoms with Crippen molar-refractivity contribution in [2.75, 3.05) is 5.73 Å². The van der Waals surface area contributed by atoms with Crippen molar-refractivity contribution >= 4 is 28.9 Å². The highest BCUT2D eigenvalue weighted by atomic mass is 35.5. The summed E-state index contributed by atoms with van der Waals surface area (Å²) >= 11 is 12.0. The molecular formula is C14H13Cl2NO. The lowest BCUT2D eigenvalue weighted by molar-refractivity contribution is 0.304. The molecule has 0 aromatic heterocycles. The van der Waals surface area contributed by atoms with E-state index in [4.69, 9.17) is 33.7 Å². The van der Waals surface area contributed by atoms with Gasteiger partial charge in [-0.1, -0.05) is 35.3 Å². The number of benzene rings is 2. The molecule has 0 amide bonds. The normalized spacial score (nSPS) is 10.4. The zero-order chi connectivity index (χ0) is 13.1. The van der Waals surface area contributed by atoms with E-state index in [1.165, 1.54) is 0 Å². The first-order valence-corrected chi connectivity index (χ1v) is 6.24. The minimum absolute atomic E-state index is 0.389. The molecule has 0 unspecified atom stereocenters. The quantitative estimate of drug-likeness (QED) is 0.843. The van der Waals surface area contributed by atoms with Crippen molar-refractivity contribution in [2.45, 2.75) is 13.5 Å². The highest BCUT2D eigenvalue weighted by molar-refractivity contribution is 6.31. The zero-order valence-electron chi connectivity index (χ0n) is 9.91. The Morgan fingerprint density at radius 3 is 2.61 bits per heavy atom. The van der Waals surface area contributed by atoms with E-state index in [9.17, 15) is 0 Å². The molecule has 0 aliphatic heterocycles. The Balaban J connectivity index is 2.13. The Labute approximate surface area is 116 Å². The third-order valence-corrected chi connectivity index (χ3v) is 3.20. The summed E-state index contributed by atoms with van der Waals surface area (Å²) in [5.74, 6) is 0.760. The first-order valence-electron chi connectivity index (χ1n) is 5.49. The second kappa shape index (κ2) is 5.51. The van der Waals surface area contributed by atoms with Crippen LogP contribution in [0.1, 0.15) is 11.1 Å². The van der Waals surface area contributed by atoms with Gasteiger partial charge in [-0.2, -0.15) is 0 Å². The van der Waals surface area contributed by atoms with Gasteiger partial charge >= 0.3 is 0 Å². The minimum atomic E-state index is 0.389. The Hall–Kier alpha value is -1.38. The van der Waals surface area contributed by atoms with Gasteiger partial charge < -0.3 is 10.5 Å². The summed E-state index contributed by atoms with van der Waals surface area (Å²) in [6.07, 6.45) is 0. The predicted molar refractivity (Wildman–Crippen MR) is 76.4 cm³/mol. The fraction of sp³-hybridized carbons (Fsp3) is 0.143. The van der Waals surface area contributed by atoms with Gasteiger partial charge in [-0.3, -0.25) is 0 Å². The van der Waals surface area contributed by atoms with E-state index in [1.807, 2.05) is 25.1 Å². The molecule has 0 atom stereocenters. The van der Waals surface area contributed by atoms with E-state index >= 15 is 0 Å². The number of nitrogen functional groups attached to an aromatic ring is 1. The predicted octanol–water partition coefficient (Wildman–Crippen LogP) is 4.46. The largest absolute Gasteiger partial charge is 0.489 e. The van der Waals surface area contributed by atoms with Crippen LogP contribution in [0.5, 0.6) is 5.75 Å². The molecule has 0 radical (unpaired) electrons. The lowest BCUT2D eigenvalue weighted by Crippen LogP contribution is -1.98. The van der Waals surface area contributed by atoms with Gasteiger partial charge in [-0.25, -0.2) is 0 Å². The molecular weight excluding hydrogens is 269 g/mol. The summed E-state index contributed by atoms with van der Waals surface area (Å²) < 4.78 is 5.71. The van der Waals surface area contributed by atoms with Crippen LogP contribution in [-0.4, -0.2) is 0 Å². The van der Waals surface area contributed by atoms with Crippen LogP contribution in [0.25, 0.3) is 0 Å². The van der Waals surface area contributed by atoms with Crippen molar-refractivity contribution in [2.24, 2.45) is 0 Å². The van der Waals surface area contributed by atoms with Crippen molar-refractivity contribution in [1.29, 1.82) is 0 Å². The van der Waals surface area contributed by atoms with Crippen LogP contribution in [0.2, 0.25) is 10.0 Å². The maximum absolute atomic E-state index is 6.08. The molecule has 0 aliphatic rings. The highest BCUT2D eigenvalue weighted by Crippen LogP contribution is 2.25. The van der Waals surface area contributed by atoms with Crippen LogP contribution in [-0.2, 0) is 6.61 Å². The maximum Gasteiger partial charge on any atom is 0.124 e. The molecule has 0 heterocycles. The van der Waals surface area contributed by atoms with Gasteiger partial charge in [0.2, 0.25) is 0 Å². The van der Waals surface area contributed by atoms with Crippen LogP contribution in [0.15, 0.2) is 36.4 Å². The Morgan fingerprint density at radius 2 is 1.89 bits per heavy atom. The van der Waals surface area contributed by atoms with Crippen LogP contribution >= 0.6 is 23.2 Å². The number of halogens is 2. The number of anilines is 1. The Kier molecular flexibility index (Phi) is 4.00. The monoisotopic (exact) mass is 281 g/mol. The van der Waals surface area contributed by atoms with Crippen LogP contribution in [0.4, 0.5) is 5.69 Å². The van der Waals surface area contributed by atoms with Gasteiger partial charge in [0.05, 0.1) is 0 Å². The zero-order valence-corrected chi connectivity index (χ0v) is 11.4. The lowest BCUT2D eigenvalue weighted by atomic mass is 10.2. The van der Waals surface area contributed by atoms with Gasteiger partial charge in [0.25, 0.3) is 0 Å². The molecule has 2 aromatic rings. The summed E-state index contributed by atoms with van der Waals surface area (Å²) in [6, 6.07) is 10.9. The van der Waals surface area contributed by atoms with Crippen molar-refractivity contribution in [3.05, 3.63) is 57.6 Å². The van der Waals surface area contributed by atoms with E-state index in [0.29, 0.717) is 22.3 Å². The minimum Gasteiger partial charge on any atom is -0.489 e. The smallest absolute Gasteiger partial charge is 0.124 e. The fourth-order valence-corrected chi connectivity index (χ4v) is 1.97. The number of ether oxygens (including phenoxy) is 1. The molecule has 2 aromatic carbocycles. The summed E-state index contributed by atoms with van der Waals surface area (Å²) in [7, 11) is 0. The van der Waals surface area contributed by atoms with Crippen molar-refractivity contribution in [1.82, 2.24) is 0 Å². The van der Waals surface area contributed by atoms with Gasteiger partial charge in [-0.05, 0) is 36.8 Å². The second-order valence-corrected chi connectivity index (χ2v) is 4.89. The molecule has 0 fully saturated rings. The molecule has 0 aliphatic carbocycles. The number of hydrogen-bond acceptors (Lipinski definition) is 2. The first kappa shape index (κ1) is 13.1. The van der Waals surface area contributed by atoms with E-state index in [1.54, 1.807) is 18.2 Å². The molecule has 0 bridgehead atoms. The molecule has 0 spiro atoms. The maximum atomic E-state index is 6.08. The number of rotatable bonds is 3. The molecule has 2 rings (SSSR count). The number of aryl methyl sites for hydroxylation is 1. The average molecular weight is 282 g/mol. The molecule has 2 nitrogen and oxygen atoms in total. The van der Waals surface area contributed by atoms with Crippen molar-refractivity contribution < 1.29 is 4.74 Å². The van der Waals surface area contributed by atoms with E-state index in [2.05, 4.69) is 0 Å². The summed E-state index contributed by atoms with van der Waals surface area (Å²) in [6.45, 7) is 2.36. The van der Waals surface area contributed by atoms with E-state index in [0.717, 1.165) is 16.9 Å². The van der Waals surface area contributed by atoms with Gasteiger partial charge in [0.1, 0.15) is 12.4 Å². The van der Waals surface area contributed by atoms with E-state index in [-0.39, 0.29) is 0 Å². The van der Waals surface area contributed by atoms with Gasteiger partial charge in [0.15, 0.2) is 0 Å². The standard InChI is InChI=1S/C14H13Cl2NO/c1-9-2-4-11(15)6-14(9)18-8-10-3-5-12(17)7-13(10)16/h2-7H,8,17H2,1H3. The molecule has 0 saturated carbocycles. The third kappa shape index (κ3) is 3.09. The van der Waals surface area contributed by atoms with Gasteiger partial charge in [0, 0.05) is 21.3 Å². The van der Waals surface area contributed by atoms with Crippen molar-refractivity contribution in [3.63, 3.8) is 0 Å². The molecule has 4 heteroatoms. The Bertz CT molecular complexity index is 570. The molecule has 0 saturated heterocycles. The number of hydrogen-bond donors (Lipinski definition) is 1. The van der Waals surface area contributed by atoms with Crippen LogP contribution in [0.3, 0.4) is 0 Å². The summed E-state index contributed by atoms with van der Waals surface area (Å²) in [5.41, 5.74) is 8.20. The topological polar surface area (TPSA) is 35.2 Å². The number of nitrogens with two attached hydrogens (primary N) is 1. The SMILES string of the molecule is Cc1ccc(Cl)cc1OCc1ccc(N)cc1Cl. The highest BCUT2D eigenvalue weighted by Gasteiger charge is 2.04. The van der Waals surface area contributed by atoms with Crippen LogP contribution in [0, 0.1) is 6.92 Å². The third-order valence-electron chi connectivity index (χ3n) is 2.61. The molecule has 2 N–H and O–H groups in total. The lowest BCUT2D eigenvalue weighted by Gasteiger charge is -2.11. The summed E-state index contributed by atoms with van der Waals surface area (Å²) in [5, 5.41) is 1.26.